The van der Waals surface area contributed by atoms with Crippen LogP contribution in [-0.2, 0) is 9.53 Å². The molecule has 0 radical (unpaired) electrons. The highest BCUT2D eigenvalue weighted by Crippen LogP contribution is 2.29. The van der Waals surface area contributed by atoms with Crippen molar-refractivity contribution in [2.75, 3.05) is 19.7 Å². The molecule has 1 unspecified atom stereocenters. The number of carbonyl (C=O) groups is 1. The summed E-state index contributed by atoms with van der Waals surface area (Å²) in [6, 6.07) is 0.449. The topological polar surface area (TPSA) is 49.8 Å². The van der Waals surface area contributed by atoms with Crippen molar-refractivity contribution in [3.63, 3.8) is 0 Å². The zero-order valence-corrected chi connectivity index (χ0v) is 11.4. The minimum Gasteiger partial charge on any atom is -0.465 e. The third-order valence-electron chi connectivity index (χ3n) is 3.47. The van der Waals surface area contributed by atoms with Gasteiger partial charge in [-0.2, -0.15) is 0 Å². The first-order valence-corrected chi connectivity index (χ1v) is 6.49. The summed E-state index contributed by atoms with van der Waals surface area (Å²) >= 11 is 0. The van der Waals surface area contributed by atoms with Gasteiger partial charge in [0.15, 0.2) is 0 Å². The van der Waals surface area contributed by atoms with Crippen LogP contribution < -0.4 is 0 Å². The average Bonchev–Trinajstić information content (AvgIpc) is 2.99. The molecular formula is C13H25NO3. The molecule has 0 bridgehead atoms. The van der Waals surface area contributed by atoms with Crippen molar-refractivity contribution in [2.24, 2.45) is 5.92 Å². The standard InChI is InChI=1S/C13H25NO3/c1-5-17-12(15)8-14(11-6-7-11)9-13(4,16)10(2)3/h10-11,16H,5-9H2,1-4H3. The van der Waals surface area contributed by atoms with Gasteiger partial charge in [0.05, 0.1) is 18.8 Å². The van der Waals surface area contributed by atoms with Gasteiger partial charge in [0.2, 0.25) is 0 Å². The predicted octanol–water partition coefficient (Wildman–Crippen LogP) is 1.42. The van der Waals surface area contributed by atoms with Crippen molar-refractivity contribution in [2.45, 2.75) is 52.2 Å². The van der Waals surface area contributed by atoms with Crippen LogP contribution in [0.15, 0.2) is 0 Å². The van der Waals surface area contributed by atoms with Crippen molar-refractivity contribution in [1.29, 1.82) is 0 Å². The molecule has 100 valence electrons. The average molecular weight is 243 g/mol. The minimum atomic E-state index is -0.755. The van der Waals surface area contributed by atoms with Gasteiger partial charge < -0.3 is 9.84 Å². The van der Waals surface area contributed by atoms with Crippen LogP contribution >= 0.6 is 0 Å². The second-order valence-corrected chi connectivity index (χ2v) is 5.45. The summed E-state index contributed by atoms with van der Waals surface area (Å²) in [5.74, 6) is -0.0232. The largest absolute Gasteiger partial charge is 0.465 e. The van der Waals surface area contributed by atoms with Gasteiger partial charge in [0.1, 0.15) is 0 Å². The van der Waals surface area contributed by atoms with Crippen molar-refractivity contribution in [3.05, 3.63) is 0 Å². The zero-order chi connectivity index (χ0) is 13.1. The molecule has 1 aliphatic rings. The van der Waals surface area contributed by atoms with Crippen LogP contribution in [0.25, 0.3) is 0 Å². The first kappa shape index (κ1) is 14.5. The predicted molar refractivity (Wildman–Crippen MR) is 66.7 cm³/mol. The van der Waals surface area contributed by atoms with E-state index in [4.69, 9.17) is 4.74 Å². The Morgan fingerprint density at radius 1 is 1.53 bits per heavy atom. The number of ether oxygens (including phenoxy) is 1. The molecule has 0 amide bonds. The normalized spacial score (nSPS) is 19.5. The third kappa shape index (κ3) is 4.64. The van der Waals surface area contributed by atoms with Gasteiger partial charge in [-0.15, -0.1) is 0 Å². The van der Waals surface area contributed by atoms with Gasteiger partial charge in [-0.3, -0.25) is 9.69 Å². The van der Waals surface area contributed by atoms with Gasteiger partial charge in [0, 0.05) is 12.6 Å². The van der Waals surface area contributed by atoms with E-state index in [1.165, 1.54) is 0 Å². The van der Waals surface area contributed by atoms with Gasteiger partial charge in [-0.25, -0.2) is 0 Å². The smallest absolute Gasteiger partial charge is 0.320 e. The van der Waals surface area contributed by atoms with Crippen LogP contribution in [0.5, 0.6) is 0 Å². The quantitative estimate of drug-likeness (QED) is 0.687. The lowest BCUT2D eigenvalue weighted by atomic mass is 9.92. The van der Waals surface area contributed by atoms with Crippen molar-refractivity contribution in [3.8, 4) is 0 Å². The Morgan fingerprint density at radius 2 is 2.12 bits per heavy atom. The van der Waals surface area contributed by atoms with Crippen molar-refractivity contribution < 1.29 is 14.6 Å². The first-order chi connectivity index (χ1) is 7.86. The molecule has 4 heteroatoms. The van der Waals surface area contributed by atoms with Crippen LogP contribution in [0.2, 0.25) is 0 Å². The highest BCUT2D eigenvalue weighted by atomic mass is 16.5. The Bertz CT molecular complexity index is 259. The van der Waals surface area contributed by atoms with Gasteiger partial charge in [-0.1, -0.05) is 13.8 Å². The molecule has 0 heterocycles. The molecule has 4 nitrogen and oxygen atoms in total. The summed E-state index contributed by atoms with van der Waals surface area (Å²) in [5.41, 5.74) is -0.755. The van der Waals surface area contributed by atoms with Gasteiger partial charge >= 0.3 is 5.97 Å². The Morgan fingerprint density at radius 3 is 2.53 bits per heavy atom. The first-order valence-electron chi connectivity index (χ1n) is 6.49. The summed E-state index contributed by atoms with van der Waals surface area (Å²) in [5, 5.41) is 10.3. The third-order valence-corrected chi connectivity index (χ3v) is 3.47. The summed E-state index contributed by atoms with van der Waals surface area (Å²) in [6.07, 6.45) is 2.24. The van der Waals surface area contributed by atoms with Crippen molar-refractivity contribution in [1.82, 2.24) is 4.90 Å². The van der Waals surface area contributed by atoms with Crippen LogP contribution in [0, 0.1) is 5.92 Å². The lowest BCUT2D eigenvalue weighted by Gasteiger charge is -2.34. The van der Waals surface area contributed by atoms with E-state index in [0.717, 1.165) is 12.8 Å². The van der Waals surface area contributed by atoms with Crippen molar-refractivity contribution >= 4 is 5.97 Å². The summed E-state index contributed by atoms with van der Waals surface area (Å²) in [6.45, 7) is 8.88. The number of esters is 1. The molecule has 0 aromatic heterocycles. The maximum Gasteiger partial charge on any atom is 0.320 e. The van der Waals surface area contributed by atoms with Crippen LogP contribution in [-0.4, -0.2) is 47.3 Å². The van der Waals surface area contributed by atoms with E-state index in [1.54, 1.807) is 0 Å². The molecule has 1 rings (SSSR count). The van der Waals surface area contributed by atoms with Crippen LogP contribution in [0.4, 0.5) is 0 Å². The lowest BCUT2D eigenvalue weighted by Crippen LogP contribution is -2.47. The maximum absolute atomic E-state index is 11.5. The fourth-order valence-corrected chi connectivity index (χ4v) is 1.72. The van der Waals surface area contributed by atoms with Gasteiger partial charge in [0.25, 0.3) is 0 Å². The number of nitrogens with zero attached hydrogens (tertiary/aromatic N) is 1. The highest BCUT2D eigenvalue weighted by Gasteiger charge is 2.36. The molecule has 1 N–H and O–H groups in total. The van der Waals surface area contributed by atoms with Crippen LogP contribution in [0.1, 0.15) is 40.5 Å². The Kier molecular flexibility index (Phi) is 4.95. The zero-order valence-electron chi connectivity index (χ0n) is 11.4. The van der Waals surface area contributed by atoms with E-state index in [1.807, 2.05) is 27.7 Å². The summed E-state index contributed by atoms with van der Waals surface area (Å²) in [7, 11) is 0. The number of hydrogen-bond donors (Lipinski definition) is 1. The Labute approximate surface area is 104 Å². The minimum absolute atomic E-state index is 0.172. The number of carbonyl (C=O) groups excluding carboxylic acids is 1. The van der Waals surface area contributed by atoms with Crippen LogP contribution in [0.3, 0.4) is 0 Å². The SMILES string of the molecule is CCOC(=O)CN(CC(C)(O)C(C)C)C1CC1. The van der Waals surface area contributed by atoms with E-state index in [2.05, 4.69) is 4.90 Å². The molecule has 1 fully saturated rings. The molecule has 0 saturated heterocycles. The molecule has 17 heavy (non-hydrogen) atoms. The monoisotopic (exact) mass is 243 g/mol. The van der Waals surface area contributed by atoms with E-state index in [0.29, 0.717) is 25.7 Å². The van der Waals surface area contributed by atoms with E-state index in [9.17, 15) is 9.90 Å². The van der Waals surface area contributed by atoms with Gasteiger partial charge in [-0.05, 0) is 32.6 Å². The number of aliphatic hydroxyl groups is 1. The highest BCUT2D eigenvalue weighted by molar-refractivity contribution is 5.71. The fourth-order valence-electron chi connectivity index (χ4n) is 1.72. The van der Waals surface area contributed by atoms with E-state index < -0.39 is 5.60 Å². The number of hydrogen-bond acceptors (Lipinski definition) is 4. The molecule has 1 saturated carbocycles. The molecule has 0 aromatic rings. The van der Waals surface area contributed by atoms with E-state index in [-0.39, 0.29) is 11.9 Å². The summed E-state index contributed by atoms with van der Waals surface area (Å²) < 4.78 is 4.96. The molecular weight excluding hydrogens is 218 g/mol. The summed E-state index contributed by atoms with van der Waals surface area (Å²) in [4.78, 5) is 13.5. The molecule has 1 aliphatic carbocycles. The second kappa shape index (κ2) is 5.83. The fraction of sp³-hybridized carbons (Fsp3) is 0.923. The molecule has 0 spiro atoms. The van der Waals surface area contributed by atoms with E-state index >= 15 is 0 Å². The lowest BCUT2D eigenvalue weighted by molar-refractivity contribution is -0.145. The Hall–Kier alpha value is -0.610. The second-order valence-electron chi connectivity index (χ2n) is 5.45. The molecule has 1 atom stereocenters. The Balaban J connectivity index is 2.52. The number of rotatable bonds is 7. The molecule has 0 aromatic carbocycles. The molecule has 0 aliphatic heterocycles. The maximum atomic E-state index is 11.5.